The third-order valence-corrected chi connectivity index (χ3v) is 4.56. The molecular formula is C18H16N2O4S. The van der Waals surface area contributed by atoms with Crippen molar-refractivity contribution in [2.75, 3.05) is 0 Å². The van der Waals surface area contributed by atoms with Crippen LogP contribution >= 0.6 is 0 Å². The molecule has 25 heavy (non-hydrogen) atoms. The molecule has 2 aromatic carbocycles. The zero-order chi connectivity index (χ0) is 18.0. The topological polar surface area (TPSA) is 91.4 Å². The van der Waals surface area contributed by atoms with Gasteiger partial charge in [0.1, 0.15) is 11.5 Å². The van der Waals surface area contributed by atoms with Gasteiger partial charge in [-0.25, -0.2) is 13.6 Å². The molecule has 0 bridgehead atoms. The van der Waals surface area contributed by atoms with Crippen molar-refractivity contribution in [3.05, 3.63) is 77.2 Å². The van der Waals surface area contributed by atoms with Gasteiger partial charge < -0.3 is 9.30 Å². The fourth-order valence-corrected chi connectivity index (χ4v) is 2.91. The summed E-state index contributed by atoms with van der Waals surface area (Å²) in [6, 6.07) is 16.5. The van der Waals surface area contributed by atoms with E-state index in [4.69, 9.17) is 9.88 Å². The van der Waals surface area contributed by atoms with E-state index in [1.807, 2.05) is 18.2 Å². The molecule has 0 fully saturated rings. The van der Waals surface area contributed by atoms with Gasteiger partial charge in [-0.3, -0.25) is 4.79 Å². The van der Waals surface area contributed by atoms with Gasteiger partial charge >= 0.3 is 0 Å². The predicted molar refractivity (Wildman–Crippen MR) is 95.0 cm³/mol. The summed E-state index contributed by atoms with van der Waals surface area (Å²) in [4.78, 5) is 11.6. The SMILES string of the molecule is Cn1cc(-c2cc(S(N)(=O)=O)ccc2Oc2ccccc2)ccc1=O. The number of primary sulfonamides is 1. The highest BCUT2D eigenvalue weighted by Gasteiger charge is 2.15. The van der Waals surface area contributed by atoms with Crippen molar-refractivity contribution < 1.29 is 13.2 Å². The van der Waals surface area contributed by atoms with Crippen LogP contribution in [0.4, 0.5) is 0 Å². The van der Waals surface area contributed by atoms with Crippen LogP contribution in [0.5, 0.6) is 11.5 Å². The minimum atomic E-state index is -3.87. The van der Waals surface area contributed by atoms with Gasteiger partial charge in [-0.15, -0.1) is 0 Å². The van der Waals surface area contributed by atoms with E-state index in [0.29, 0.717) is 22.6 Å². The van der Waals surface area contributed by atoms with Gasteiger partial charge in [-0.2, -0.15) is 0 Å². The van der Waals surface area contributed by atoms with Crippen LogP contribution < -0.4 is 15.4 Å². The minimum Gasteiger partial charge on any atom is -0.457 e. The molecule has 3 rings (SSSR count). The minimum absolute atomic E-state index is 0.0308. The van der Waals surface area contributed by atoms with Gasteiger partial charge in [0.15, 0.2) is 0 Å². The number of nitrogens with zero attached hydrogens (tertiary/aromatic N) is 1. The van der Waals surface area contributed by atoms with Crippen molar-refractivity contribution in [2.24, 2.45) is 12.2 Å². The number of benzene rings is 2. The maximum atomic E-state index is 11.7. The number of ether oxygens (including phenoxy) is 1. The Balaban J connectivity index is 2.17. The Morgan fingerprint density at radius 3 is 2.36 bits per heavy atom. The van der Waals surface area contributed by atoms with Crippen molar-refractivity contribution in [3.63, 3.8) is 0 Å². The first-order chi connectivity index (χ1) is 11.8. The molecule has 1 aromatic heterocycles. The lowest BCUT2D eigenvalue weighted by Gasteiger charge is -2.13. The number of aryl methyl sites for hydroxylation is 1. The summed E-state index contributed by atoms with van der Waals surface area (Å²) in [5.41, 5.74) is 0.987. The standard InChI is InChI=1S/C18H16N2O4S/c1-20-12-13(7-10-18(20)21)16-11-15(25(19,22)23)8-9-17(16)24-14-5-3-2-4-6-14/h2-12H,1H3,(H2,19,22,23). The van der Waals surface area contributed by atoms with Crippen molar-refractivity contribution in [1.82, 2.24) is 4.57 Å². The Kier molecular flexibility index (Phi) is 4.43. The fraction of sp³-hybridized carbons (Fsp3) is 0.0556. The van der Waals surface area contributed by atoms with Crippen LogP contribution in [0.25, 0.3) is 11.1 Å². The van der Waals surface area contributed by atoms with Crippen LogP contribution in [-0.4, -0.2) is 13.0 Å². The van der Waals surface area contributed by atoms with E-state index in [1.165, 1.54) is 22.8 Å². The van der Waals surface area contributed by atoms with Crippen LogP contribution in [-0.2, 0) is 17.1 Å². The van der Waals surface area contributed by atoms with Crippen molar-refractivity contribution in [2.45, 2.75) is 4.90 Å². The van der Waals surface area contributed by atoms with Gasteiger partial charge in [-0.1, -0.05) is 18.2 Å². The van der Waals surface area contributed by atoms with Gasteiger partial charge in [0.05, 0.1) is 4.90 Å². The lowest BCUT2D eigenvalue weighted by atomic mass is 10.1. The second-order valence-electron chi connectivity index (χ2n) is 5.49. The lowest BCUT2D eigenvalue weighted by molar-refractivity contribution is 0.484. The number of pyridine rings is 1. The number of para-hydroxylation sites is 1. The molecule has 128 valence electrons. The molecular weight excluding hydrogens is 340 g/mol. The summed E-state index contributed by atoms with van der Waals surface area (Å²) in [5.74, 6) is 1.06. The fourth-order valence-electron chi connectivity index (χ4n) is 2.37. The molecule has 0 aliphatic carbocycles. The average molecular weight is 356 g/mol. The first-order valence-corrected chi connectivity index (χ1v) is 8.96. The molecule has 0 aliphatic rings. The largest absolute Gasteiger partial charge is 0.457 e. The van der Waals surface area contributed by atoms with Crippen molar-refractivity contribution >= 4 is 10.0 Å². The summed E-state index contributed by atoms with van der Waals surface area (Å²) in [5, 5.41) is 5.24. The quantitative estimate of drug-likeness (QED) is 0.777. The van der Waals surface area contributed by atoms with E-state index in [0.717, 1.165) is 0 Å². The van der Waals surface area contributed by atoms with E-state index in [1.54, 1.807) is 37.5 Å². The smallest absolute Gasteiger partial charge is 0.250 e. The van der Waals surface area contributed by atoms with Crippen LogP contribution in [0, 0.1) is 0 Å². The zero-order valence-electron chi connectivity index (χ0n) is 13.4. The van der Waals surface area contributed by atoms with E-state index >= 15 is 0 Å². The highest BCUT2D eigenvalue weighted by atomic mass is 32.2. The monoisotopic (exact) mass is 356 g/mol. The molecule has 0 radical (unpaired) electrons. The Bertz CT molecular complexity index is 1070. The summed E-state index contributed by atoms with van der Waals surface area (Å²) >= 11 is 0. The lowest BCUT2D eigenvalue weighted by Crippen LogP contribution is -2.14. The van der Waals surface area contributed by atoms with E-state index in [-0.39, 0.29) is 10.5 Å². The molecule has 0 saturated heterocycles. The average Bonchev–Trinajstić information content (AvgIpc) is 2.58. The molecule has 0 saturated carbocycles. The summed E-state index contributed by atoms with van der Waals surface area (Å²) < 4.78 is 30.7. The molecule has 0 amide bonds. The maximum Gasteiger partial charge on any atom is 0.250 e. The second-order valence-corrected chi connectivity index (χ2v) is 7.05. The number of sulfonamides is 1. The van der Waals surface area contributed by atoms with Gasteiger partial charge in [0, 0.05) is 30.4 Å². The Hall–Kier alpha value is -2.90. The molecule has 2 N–H and O–H groups in total. The highest BCUT2D eigenvalue weighted by Crippen LogP contribution is 2.34. The molecule has 0 unspecified atom stereocenters. The van der Waals surface area contributed by atoms with Crippen LogP contribution in [0.2, 0.25) is 0 Å². The van der Waals surface area contributed by atoms with Gasteiger partial charge in [-0.05, 0) is 36.4 Å². The van der Waals surface area contributed by atoms with E-state index in [9.17, 15) is 13.2 Å². The molecule has 0 atom stereocenters. The predicted octanol–water partition coefficient (Wildman–Crippen LogP) is 2.49. The Morgan fingerprint density at radius 1 is 1.00 bits per heavy atom. The van der Waals surface area contributed by atoms with Crippen molar-refractivity contribution in [1.29, 1.82) is 0 Å². The van der Waals surface area contributed by atoms with E-state index in [2.05, 4.69) is 0 Å². The Morgan fingerprint density at radius 2 is 1.72 bits per heavy atom. The Labute approximate surface area is 145 Å². The third-order valence-electron chi connectivity index (χ3n) is 3.65. The summed E-state index contributed by atoms with van der Waals surface area (Å²) in [6.07, 6.45) is 1.61. The molecule has 3 aromatic rings. The van der Waals surface area contributed by atoms with Crippen LogP contribution in [0.15, 0.2) is 76.6 Å². The molecule has 6 nitrogen and oxygen atoms in total. The number of nitrogens with two attached hydrogens (primary N) is 1. The number of aromatic nitrogens is 1. The number of rotatable bonds is 4. The molecule has 1 heterocycles. The van der Waals surface area contributed by atoms with Gasteiger partial charge in [0.25, 0.3) is 0 Å². The summed E-state index contributed by atoms with van der Waals surface area (Å²) in [7, 11) is -2.25. The molecule has 7 heteroatoms. The van der Waals surface area contributed by atoms with Crippen molar-refractivity contribution in [3.8, 4) is 22.6 Å². The molecule has 0 aliphatic heterocycles. The second kappa shape index (κ2) is 6.54. The normalized spacial score (nSPS) is 11.3. The number of hydrogen-bond acceptors (Lipinski definition) is 4. The van der Waals surface area contributed by atoms with Gasteiger partial charge in [0.2, 0.25) is 15.6 Å². The highest BCUT2D eigenvalue weighted by molar-refractivity contribution is 7.89. The zero-order valence-corrected chi connectivity index (χ0v) is 14.2. The first kappa shape index (κ1) is 16.9. The number of hydrogen-bond donors (Lipinski definition) is 1. The van der Waals surface area contributed by atoms with E-state index < -0.39 is 10.0 Å². The van der Waals surface area contributed by atoms with Crippen LogP contribution in [0.3, 0.4) is 0 Å². The maximum absolute atomic E-state index is 11.7. The summed E-state index contributed by atoms with van der Waals surface area (Å²) in [6.45, 7) is 0. The third kappa shape index (κ3) is 3.78. The molecule has 0 spiro atoms. The first-order valence-electron chi connectivity index (χ1n) is 7.41. The van der Waals surface area contributed by atoms with Crippen LogP contribution in [0.1, 0.15) is 0 Å².